The average Bonchev–Trinajstić information content (AvgIpc) is 1.86. The quantitative estimate of drug-likeness (QED) is 0.270. The van der Waals surface area contributed by atoms with E-state index in [0.717, 1.165) is 0 Å². The zero-order valence-electron chi connectivity index (χ0n) is 7.81. The molecule has 0 heterocycles. The SMILES string of the molecule is COCCOC.C[CH-]C.[Li+]. The van der Waals surface area contributed by atoms with Crippen LogP contribution in [0.4, 0.5) is 0 Å². The Bertz CT molecular complexity index is 30.8. The van der Waals surface area contributed by atoms with Gasteiger partial charge in [-0.3, -0.25) is 0 Å². The fourth-order valence-electron chi connectivity index (χ4n) is 0.167. The Morgan fingerprint density at radius 1 is 1.00 bits per heavy atom. The average molecular weight is 140 g/mol. The molecule has 58 valence electrons. The summed E-state index contributed by atoms with van der Waals surface area (Å²) >= 11 is 0. The van der Waals surface area contributed by atoms with Gasteiger partial charge in [0, 0.05) is 14.2 Å². The smallest absolute Gasteiger partial charge is 0.382 e. The van der Waals surface area contributed by atoms with Crippen molar-refractivity contribution in [3.8, 4) is 0 Å². The van der Waals surface area contributed by atoms with Gasteiger partial charge in [0.1, 0.15) is 0 Å². The van der Waals surface area contributed by atoms with Gasteiger partial charge in [0.2, 0.25) is 0 Å². The predicted octanol–water partition coefficient (Wildman–Crippen LogP) is -1.49. The van der Waals surface area contributed by atoms with Crippen LogP contribution in [0.5, 0.6) is 0 Å². The minimum atomic E-state index is 0. The van der Waals surface area contributed by atoms with E-state index >= 15 is 0 Å². The molecule has 0 N–H and O–H groups in total. The van der Waals surface area contributed by atoms with Crippen LogP contribution in [-0.2, 0) is 9.47 Å². The Balaban J connectivity index is -0.000000107. The standard InChI is InChI=1S/C4H10O2.C3H7.Li/c1-5-3-4-6-2;1-3-2;/h3-4H2,1-2H3;3H,1-2H3;/q;-1;+1. The number of hydrogen-bond acceptors (Lipinski definition) is 2. The fraction of sp³-hybridized carbons (Fsp3) is 0.857. The van der Waals surface area contributed by atoms with Crippen LogP contribution in [-0.4, -0.2) is 27.4 Å². The van der Waals surface area contributed by atoms with E-state index in [1.807, 2.05) is 20.3 Å². The number of methoxy groups -OCH3 is 2. The van der Waals surface area contributed by atoms with Crippen molar-refractivity contribution < 1.29 is 28.3 Å². The van der Waals surface area contributed by atoms with Crippen molar-refractivity contribution in [2.75, 3.05) is 27.4 Å². The molecule has 0 aromatic heterocycles. The van der Waals surface area contributed by atoms with Crippen LogP contribution in [0.3, 0.4) is 0 Å². The Kier molecular flexibility index (Phi) is 38.2. The van der Waals surface area contributed by atoms with E-state index in [2.05, 4.69) is 9.47 Å². The van der Waals surface area contributed by atoms with E-state index < -0.39 is 0 Å². The summed E-state index contributed by atoms with van der Waals surface area (Å²) in [5.41, 5.74) is 0. The summed E-state index contributed by atoms with van der Waals surface area (Å²) in [6.45, 7) is 5.38. The molecule has 0 aliphatic heterocycles. The summed E-state index contributed by atoms with van der Waals surface area (Å²) in [5.74, 6) is 0. The molecule has 0 saturated carbocycles. The number of hydrogen-bond donors (Lipinski definition) is 0. The van der Waals surface area contributed by atoms with E-state index in [1.54, 1.807) is 14.2 Å². The van der Waals surface area contributed by atoms with E-state index in [1.165, 1.54) is 0 Å². The van der Waals surface area contributed by atoms with Gasteiger partial charge in [-0.15, -0.1) is 0 Å². The third-order valence-electron chi connectivity index (χ3n) is 0.492. The van der Waals surface area contributed by atoms with Crippen molar-refractivity contribution >= 4 is 0 Å². The van der Waals surface area contributed by atoms with Crippen molar-refractivity contribution in [2.24, 2.45) is 0 Å². The molecule has 0 amide bonds. The summed E-state index contributed by atoms with van der Waals surface area (Å²) in [4.78, 5) is 0. The Morgan fingerprint density at radius 2 is 1.20 bits per heavy atom. The van der Waals surface area contributed by atoms with Gasteiger partial charge in [-0.1, -0.05) is 0 Å². The molecule has 0 spiro atoms. The molecule has 0 atom stereocenters. The third kappa shape index (κ3) is 38.9. The van der Waals surface area contributed by atoms with E-state index in [9.17, 15) is 0 Å². The molecule has 3 heteroatoms. The first-order chi connectivity index (χ1) is 4.33. The first-order valence-electron chi connectivity index (χ1n) is 3.05. The van der Waals surface area contributed by atoms with Crippen molar-refractivity contribution in [3.63, 3.8) is 0 Å². The molecule has 0 aliphatic rings. The van der Waals surface area contributed by atoms with Crippen LogP contribution < -0.4 is 18.9 Å². The van der Waals surface area contributed by atoms with Gasteiger partial charge in [0.15, 0.2) is 0 Å². The molecule has 0 rings (SSSR count). The minimum absolute atomic E-state index is 0. The summed E-state index contributed by atoms with van der Waals surface area (Å²) in [6.07, 6.45) is 2.00. The van der Waals surface area contributed by atoms with Crippen LogP contribution in [0.1, 0.15) is 13.8 Å². The molecule has 0 radical (unpaired) electrons. The largest absolute Gasteiger partial charge is 1.00 e. The second-order valence-electron chi connectivity index (χ2n) is 1.56. The van der Waals surface area contributed by atoms with Crippen LogP contribution >= 0.6 is 0 Å². The van der Waals surface area contributed by atoms with Gasteiger partial charge in [-0.2, -0.15) is 13.8 Å². The van der Waals surface area contributed by atoms with Crippen LogP contribution in [0.2, 0.25) is 0 Å². The van der Waals surface area contributed by atoms with Crippen LogP contribution in [0, 0.1) is 6.42 Å². The molecule has 0 unspecified atom stereocenters. The maximum atomic E-state index is 4.66. The summed E-state index contributed by atoms with van der Waals surface area (Å²) in [5, 5.41) is 0. The van der Waals surface area contributed by atoms with Gasteiger partial charge in [-0.25, -0.2) is 0 Å². The van der Waals surface area contributed by atoms with Crippen molar-refractivity contribution in [2.45, 2.75) is 13.8 Å². The molecule has 0 aromatic carbocycles. The zero-order chi connectivity index (χ0) is 7.54. The Hall–Kier alpha value is 0.517. The molecular weight excluding hydrogens is 123 g/mol. The first kappa shape index (κ1) is 16.9. The Morgan fingerprint density at radius 3 is 1.30 bits per heavy atom. The van der Waals surface area contributed by atoms with Gasteiger partial charge >= 0.3 is 18.9 Å². The molecule has 0 saturated heterocycles. The van der Waals surface area contributed by atoms with Gasteiger partial charge in [-0.05, 0) is 0 Å². The van der Waals surface area contributed by atoms with Crippen LogP contribution in [0.15, 0.2) is 0 Å². The number of rotatable bonds is 3. The molecule has 10 heavy (non-hydrogen) atoms. The summed E-state index contributed by atoms with van der Waals surface area (Å²) in [6, 6.07) is 0. The minimum Gasteiger partial charge on any atom is -0.382 e. The molecule has 0 aromatic rings. The third-order valence-corrected chi connectivity index (χ3v) is 0.492. The Labute approximate surface area is 76.5 Å². The zero-order valence-corrected chi connectivity index (χ0v) is 7.81. The maximum absolute atomic E-state index is 4.66. The second-order valence-corrected chi connectivity index (χ2v) is 1.56. The van der Waals surface area contributed by atoms with Gasteiger partial charge in [0.25, 0.3) is 0 Å². The van der Waals surface area contributed by atoms with Crippen molar-refractivity contribution in [1.82, 2.24) is 0 Å². The van der Waals surface area contributed by atoms with E-state index in [4.69, 9.17) is 0 Å². The van der Waals surface area contributed by atoms with E-state index in [0.29, 0.717) is 13.2 Å². The molecule has 0 aliphatic carbocycles. The van der Waals surface area contributed by atoms with Crippen molar-refractivity contribution in [3.05, 3.63) is 6.42 Å². The number of ether oxygens (including phenoxy) is 2. The second kappa shape index (κ2) is 22.7. The maximum Gasteiger partial charge on any atom is 1.00 e. The van der Waals surface area contributed by atoms with Gasteiger partial charge in [0.05, 0.1) is 13.2 Å². The van der Waals surface area contributed by atoms with E-state index in [-0.39, 0.29) is 18.9 Å². The molecular formula is C7H17LiO2. The normalized spacial score (nSPS) is 7.20. The van der Waals surface area contributed by atoms with Gasteiger partial charge < -0.3 is 15.9 Å². The molecule has 0 bridgehead atoms. The molecule has 2 nitrogen and oxygen atoms in total. The first-order valence-corrected chi connectivity index (χ1v) is 3.05. The summed E-state index contributed by atoms with van der Waals surface area (Å²) < 4.78 is 9.31. The van der Waals surface area contributed by atoms with Crippen molar-refractivity contribution in [1.29, 1.82) is 0 Å². The predicted molar refractivity (Wildman–Crippen MR) is 39.4 cm³/mol. The topological polar surface area (TPSA) is 18.5 Å². The monoisotopic (exact) mass is 140 g/mol. The summed E-state index contributed by atoms with van der Waals surface area (Å²) in [7, 11) is 3.30. The van der Waals surface area contributed by atoms with Crippen LogP contribution in [0.25, 0.3) is 0 Å². The molecule has 0 fully saturated rings. The fourth-order valence-corrected chi connectivity index (χ4v) is 0.167.